The molecular formula is C24H32N2O3. The lowest BCUT2D eigenvalue weighted by atomic mass is 9.46. The second-order valence-electron chi connectivity index (χ2n) is 9.48. The van der Waals surface area contributed by atoms with Gasteiger partial charge in [-0.15, -0.1) is 0 Å². The zero-order valence-corrected chi connectivity index (χ0v) is 17.8. The van der Waals surface area contributed by atoms with Gasteiger partial charge in [-0.2, -0.15) is 5.26 Å². The Morgan fingerprint density at radius 2 is 2.17 bits per heavy atom. The standard InChI is InChI=1S/C24H32N2O3/c1-16-5-6-21-23(3,10-7-22-24(21,4)15-28-17(2)29-22)19(16)9-12-27-20-8-11-26-14-18(20)13-25/h8,11,14,17,19,21-22H,1,5-7,9-10,12,15H2,2-4H3/t17-,19-,21?,22-,23+,24+/m1/s1. The average Bonchev–Trinajstić information content (AvgIpc) is 2.71. The molecule has 1 saturated heterocycles. The third-order valence-corrected chi connectivity index (χ3v) is 7.87. The molecule has 5 nitrogen and oxygen atoms in total. The van der Waals surface area contributed by atoms with Gasteiger partial charge in [0.05, 0.1) is 19.3 Å². The molecule has 29 heavy (non-hydrogen) atoms. The lowest BCUT2D eigenvalue weighted by Gasteiger charge is -2.62. The van der Waals surface area contributed by atoms with E-state index in [2.05, 4.69) is 31.5 Å². The lowest BCUT2D eigenvalue weighted by Crippen LogP contribution is -2.61. The van der Waals surface area contributed by atoms with Crippen LogP contribution in [0.5, 0.6) is 5.75 Å². The van der Waals surface area contributed by atoms with E-state index in [1.165, 1.54) is 5.57 Å². The molecule has 0 amide bonds. The normalized spacial score (nSPS) is 39.2. The van der Waals surface area contributed by atoms with Crippen LogP contribution >= 0.6 is 0 Å². The third kappa shape index (κ3) is 3.47. The number of hydrogen-bond donors (Lipinski definition) is 0. The molecule has 1 aliphatic heterocycles. The largest absolute Gasteiger partial charge is 0.492 e. The molecule has 0 bridgehead atoms. The number of hydrogen-bond acceptors (Lipinski definition) is 5. The molecular weight excluding hydrogens is 364 g/mol. The van der Waals surface area contributed by atoms with Crippen LogP contribution in [0, 0.1) is 34.0 Å². The maximum Gasteiger partial charge on any atom is 0.155 e. The number of ether oxygens (including phenoxy) is 3. The van der Waals surface area contributed by atoms with Crippen LogP contribution in [-0.2, 0) is 9.47 Å². The molecule has 2 saturated carbocycles. The minimum Gasteiger partial charge on any atom is -0.492 e. The van der Waals surface area contributed by atoms with Crippen molar-refractivity contribution in [2.75, 3.05) is 13.2 Å². The monoisotopic (exact) mass is 396 g/mol. The summed E-state index contributed by atoms with van der Waals surface area (Å²) in [5.41, 5.74) is 2.06. The maximum atomic E-state index is 9.25. The van der Waals surface area contributed by atoms with E-state index in [1.807, 2.05) is 6.92 Å². The fraction of sp³-hybridized carbons (Fsp3) is 0.667. The summed E-state index contributed by atoms with van der Waals surface area (Å²) in [5.74, 6) is 1.57. The number of aromatic nitrogens is 1. The molecule has 5 heteroatoms. The van der Waals surface area contributed by atoms with Gasteiger partial charge in [0.2, 0.25) is 0 Å². The van der Waals surface area contributed by atoms with Gasteiger partial charge >= 0.3 is 0 Å². The first-order chi connectivity index (χ1) is 13.9. The van der Waals surface area contributed by atoms with E-state index in [0.717, 1.165) is 38.7 Å². The Balaban J connectivity index is 1.50. The van der Waals surface area contributed by atoms with Crippen molar-refractivity contribution >= 4 is 0 Å². The van der Waals surface area contributed by atoms with Crippen LogP contribution in [0.2, 0.25) is 0 Å². The predicted octanol–water partition coefficient (Wildman–Crippen LogP) is 4.87. The van der Waals surface area contributed by atoms with Gasteiger partial charge in [0.25, 0.3) is 0 Å². The minimum atomic E-state index is -0.102. The van der Waals surface area contributed by atoms with Crippen molar-refractivity contribution in [2.24, 2.45) is 22.7 Å². The fourth-order valence-electron chi connectivity index (χ4n) is 6.37. The Bertz CT molecular complexity index is 819. The van der Waals surface area contributed by atoms with Crippen LogP contribution in [-0.4, -0.2) is 30.6 Å². The van der Waals surface area contributed by atoms with E-state index in [-0.39, 0.29) is 23.2 Å². The van der Waals surface area contributed by atoms with Crippen molar-refractivity contribution in [1.29, 1.82) is 5.26 Å². The van der Waals surface area contributed by atoms with Crippen LogP contribution in [0.3, 0.4) is 0 Å². The summed E-state index contributed by atoms with van der Waals surface area (Å²) in [7, 11) is 0. The van der Waals surface area contributed by atoms with Crippen molar-refractivity contribution in [1.82, 2.24) is 4.98 Å². The minimum absolute atomic E-state index is 0.0540. The molecule has 2 heterocycles. The molecule has 1 unspecified atom stereocenters. The Labute approximate surface area is 174 Å². The average molecular weight is 397 g/mol. The first-order valence-electron chi connectivity index (χ1n) is 10.8. The first kappa shape index (κ1) is 20.4. The summed E-state index contributed by atoms with van der Waals surface area (Å²) in [5, 5.41) is 9.25. The van der Waals surface area contributed by atoms with E-state index < -0.39 is 0 Å². The van der Waals surface area contributed by atoms with Crippen molar-refractivity contribution < 1.29 is 14.2 Å². The van der Waals surface area contributed by atoms with E-state index in [9.17, 15) is 5.26 Å². The van der Waals surface area contributed by atoms with Gasteiger partial charge in [-0.3, -0.25) is 4.98 Å². The smallest absolute Gasteiger partial charge is 0.155 e. The Morgan fingerprint density at radius 1 is 1.34 bits per heavy atom. The molecule has 156 valence electrons. The summed E-state index contributed by atoms with van der Waals surface area (Å²) >= 11 is 0. The van der Waals surface area contributed by atoms with Crippen molar-refractivity contribution in [3.05, 3.63) is 36.2 Å². The number of allylic oxidation sites excluding steroid dienone is 1. The number of rotatable bonds is 4. The number of fused-ring (bicyclic) bond motifs is 3. The van der Waals surface area contributed by atoms with Crippen LogP contribution < -0.4 is 4.74 Å². The molecule has 6 atom stereocenters. The van der Waals surface area contributed by atoms with E-state index in [4.69, 9.17) is 14.2 Å². The van der Waals surface area contributed by atoms with Crippen molar-refractivity contribution in [2.45, 2.75) is 65.3 Å². The van der Waals surface area contributed by atoms with Crippen LogP contribution in [0.1, 0.15) is 58.4 Å². The number of nitrogens with zero attached hydrogens (tertiary/aromatic N) is 2. The van der Waals surface area contributed by atoms with E-state index >= 15 is 0 Å². The molecule has 1 aromatic heterocycles. The lowest BCUT2D eigenvalue weighted by molar-refractivity contribution is -0.297. The summed E-state index contributed by atoms with van der Waals surface area (Å²) in [4.78, 5) is 4.00. The maximum absolute atomic E-state index is 9.25. The zero-order chi connectivity index (χ0) is 20.6. The summed E-state index contributed by atoms with van der Waals surface area (Å²) in [6.45, 7) is 12.6. The van der Waals surface area contributed by atoms with Gasteiger partial charge < -0.3 is 14.2 Å². The SMILES string of the molecule is C=C1CCC2[C@]3(C)CO[C@@H](C)O[C@@H]3CC[C@@]2(C)[C@@H]1CCOc1ccncc1C#N. The highest BCUT2D eigenvalue weighted by atomic mass is 16.7. The van der Waals surface area contributed by atoms with Gasteiger partial charge in [-0.1, -0.05) is 26.0 Å². The van der Waals surface area contributed by atoms with E-state index in [0.29, 0.717) is 29.8 Å². The highest BCUT2D eigenvalue weighted by Gasteiger charge is 2.59. The Morgan fingerprint density at radius 3 is 2.97 bits per heavy atom. The second-order valence-corrected chi connectivity index (χ2v) is 9.48. The highest BCUT2D eigenvalue weighted by Crippen LogP contribution is 2.63. The molecule has 2 aliphatic carbocycles. The predicted molar refractivity (Wildman–Crippen MR) is 110 cm³/mol. The number of nitriles is 1. The Hall–Kier alpha value is -1.90. The fourth-order valence-corrected chi connectivity index (χ4v) is 6.37. The molecule has 3 fully saturated rings. The first-order valence-corrected chi connectivity index (χ1v) is 10.8. The topological polar surface area (TPSA) is 64.4 Å². The molecule has 0 radical (unpaired) electrons. The van der Waals surface area contributed by atoms with Gasteiger partial charge in [0.1, 0.15) is 17.4 Å². The molecule has 0 N–H and O–H groups in total. The van der Waals surface area contributed by atoms with Crippen molar-refractivity contribution in [3.63, 3.8) is 0 Å². The van der Waals surface area contributed by atoms with Gasteiger partial charge in [0, 0.05) is 17.8 Å². The van der Waals surface area contributed by atoms with Crippen LogP contribution in [0.15, 0.2) is 30.6 Å². The quantitative estimate of drug-likeness (QED) is 0.679. The number of pyridine rings is 1. The second kappa shape index (κ2) is 7.74. The van der Waals surface area contributed by atoms with Crippen LogP contribution in [0.25, 0.3) is 0 Å². The van der Waals surface area contributed by atoms with Crippen LogP contribution in [0.4, 0.5) is 0 Å². The van der Waals surface area contributed by atoms with E-state index in [1.54, 1.807) is 18.5 Å². The van der Waals surface area contributed by atoms with Crippen molar-refractivity contribution in [3.8, 4) is 11.8 Å². The van der Waals surface area contributed by atoms with Gasteiger partial charge in [0.15, 0.2) is 6.29 Å². The molecule has 0 spiro atoms. The van der Waals surface area contributed by atoms with Gasteiger partial charge in [-0.25, -0.2) is 0 Å². The third-order valence-electron chi connectivity index (χ3n) is 7.87. The molecule has 1 aromatic rings. The van der Waals surface area contributed by atoms with Gasteiger partial charge in [-0.05, 0) is 62.3 Å². The highest BCUT2D eigenvalue weighted by molar-refractivity contribution is 5.40. The molecule has 0 aromatic carbocycles. The zero-order valence-electron chi connectivity index (χ0n) is 17.8. The summed E-state index contributed by atoms with van der Waals surface area (Å²) < 4.78 is 18.2. The summed E-state index contributed by atoms with van der Waals surface area (Å²) in [6, 6.07) is 3.92. The molecule has 4 rings (SSSR count). The summed E-state index contributed by atoms with van der Waals surface area (Å²) in [6.07, 6.45) is 8.75. The Kier molecular flexibility index (Phi) is 5.44. The molecule has 3 aliphatic rings.